The summed E-state index contributed by atoms with van der Waals surface area (Å²) < 4.78 is 5.29. The lowest BCUT2D eigenvalue weighted by Gasteiger charge is -2.26. The molecule has 0 aromatic heterocycles. The number of nitrogens with one attached hydrogen (secondary N) is 1. The molecule has 3 rings (SSSR count). The number of ether oxygens (including phenoxy) is 1. The maximum Gasteiger partial charge on any atom is 0.255 e. The Hall–Kier alpha value is -2.11. The second kappa shape index (κ2) is 6.77. The molecule has 2 aromatic rings. The number of hydrogen-bond acceptors (Lipinski definition) is 4. The van der Waals surface area contributed by atoms with E-state index in [0.717, 1.165) is 43.6 Å². The Bertz CT molecular complexity index is 666. The number of carbonyl (C=O) groups excluding carboxylic acids is 1. The molecule has 5 nitrogen and oxygen atoms in total. The molecule has 2 N–H and O–H groups in total. The molecule has 1 heterocycles. The Balaban J connectivity index is 1.63. The van der Waals surface area contributed by atoms with Crippen LogP contribution in [0.25, 0.3) is 10.8 Å². The molecule has 1 saturated heterocycles. The summed E-state index contributed by atoms with van der Waals surface area (Å²) in [5, 5.41) is 14.8. The second-order valence-electron chi connectivity index (χ2n) is 5.43. The predicted molar refractivity (Wildman–Crippen MR) is 85.2 cm³/mol. The van der Waals surface area contributed by atoms with Gasteiger partial charge in [0.05, 0.1) is 18.8 Å². The van der Waals surface area contributed by atoms with E-state index < -0.39 is 0 Å². The zero-order chi connectivity index (χ0) is 15.4. The first kappa shape index (κ1) is 14.8. The smallest absolute Gasteiger partial charge is 0.255 e. The Morgan fingerprint density at radius 2 is 1.86 bits per heavy atom. The summed E-state index contributed by atoms with van der Waals surface area (Å²) in [5.74, 6) is -0.223. The first-order chi connectivity index (χ1) is 10.7. The lowest BCUT2D eigenvalue weighted by atomic mass is 10.1. The van der Waals surface area contributed by atoms with Gasteiger partial charge in [-0.2, -0.15) is 0 Å². The van der Waals surface area contributed by atoms with Gasteiger partial charge in [-0.15, -0.1) is 0 Å². The predicted octanol–water partition coefficient (Wildman–Crippen LogP) is 1.61. The number of carbonyl (C=O) groups is 1. The number of nitrogens with zero attached hydrogens (tertiary/aromatic N) is 1. The highest BCUT2D eigenvalue weighted by Crippen LogP contribution is 2.24. The zero-order valence-electron chi connectivity index (χ0n) is 12.4. The topological polar surface area (TPSA) is 61.8 Å². The van der Waals surface area contributed by atoms with Crippen molar-refractivity contribution < 1.29 is 14.6 Å². The van der Waals surface area contributed by atoms with Crippen LogP contribution in [0.1, 0.15) is 10.4 Å². The molecule has 22 heavy (non-hydrogen) atoms. The lowest BCUT2D eigenvalue weighted by molar-refractivity contribution is 0.0383. The van der Waals surface area contributed by atoms with Crippen molar-refractivity contribution in [2.45, 2.75) is 0 Å². The Kier molecular flexibility index (Phi) is 4.56. The van der Waals surface area contributed by atoms with Crippen molar-refractivity contribution in [1.82, 2.24) is 10.2 Å². The lowest BCUT2D eigenvalue weighted by Crippen LogP contribution is -2.41. The fraction of sp³-hybridized carbons (Fsp3) is 0.353. The zero-order valence-corrected chi connectivity index (χ0v) is 12.4. The van der Waals surface area contributed by atoms with Crippen LogP contribution in [0.5, 0.6) is 5.75 Å². The van der Waals surface area contributed by atoms with Gasteiger partial charge < -0.3 is 15.2 Å². The van der Waals surface area contributed by atoms with Crippen LogP contribution in [0.3, 0.4) is 0 Å². The first-order valence-corrected chi connectivity index (χ1v) is 7.54. The summed E-state index contributed by atoms with van der Waals surface area (Å²) in [4.78, 5) is 14.5. The molecule has 5 heteroatoms. The molecule has 0 radical (unpaired) electrons. The third kappa shape index (κ3) is 3.37. The van der Waals surface area contributed by atoms with Crippen LogP contribution >= 0.6 is 0 Å². The fourth-order valence-electron chi connectivity index (χ4n) is 2.66. The minimum atomic E-state index is -0.239. The average molecular weight is 300 g/mol. The minimum Gasteiger partial charge on any atom is -0.507 e. The van der Waals surface area contributed by atoms with Crippen LogP contribution in [0.2, 0.25) is 0 Å². The van der Waals surface area contributed by atoms with Gasteiger partial charge in [0, 0.05) is 26.2 Å². The Morgan fingerprint density at radius 1 is 1.18 bits per heavy atom. The number of phenolic OH excluding ortho intramolecular Hbond substituents is 1. The maximum atomic E-state index is 12.2. The largest absolute Gasteiger partial charge is 0.507 e. The normalized spacial score (nSPS) is 15.8. The average Bonchev–Trinajstić information content (AvgIpc) is 2.55. The number of morpholine rings is 1. The fourth-order valence-corrected chi connectivity index (χ4v) is 2.66. The van der Waals surface area contributed by atoms with Gasteiger partial charge in [0.25, 0.3) is 5.91 Å². The number of hydrogen-bond donors (Lipinski definition) is 2. The number of amides is 1. The highest BCUT2D eigenvalue weighted by Gasteiger charge is 2.14. The van der Waals surface area contributed by atoms with Gasteiger partial charge in [0.2, 0.25) is 0 Å². The number of fused-ring (bicyclic) bond motifs is 1. The third-order valence-corrected chi connectivity index (χ3v) is 3.93. The van der Waals surface area contributed by atoms with Crippen LogP contribution < -0.4 is 5.32 Å². The summed E-state index contributed by atoms with van der Waals surface area (Å²) in [6, 6.07) is 11.0. The van der Waals surface area contributed by atoms with E-state index in [1.807, 2.05) is 24.3 Å². The molecule has 0 saturated carbocycles. The van der Waals surface area contributed by atoms with Gasteiger partial charge in [-0.3, -0.25) is 9.69 Å². The molecular formula is C17H20N2O3. The second-order valence-corrected chi connectivity index (χ2v) is 5.43. The van der Waals surface area contributed by atoms with Gasteiger partial charge in [-0.05, 0) is 22.9 Å². The summed E-state index contributed by atoms with van der Waals surface area (Å²) in [6.45, 7) is 4.65. The molecule has 1 aliphatic heterocycles. The van der Waals surface area contributed by atoms with Crippen molar-refractivity contribution in [2.75, 3.05) is 39.4 Å². The molecule has 116 valence electrons. The SMILES string of the molecule is O=C(NCCN1CCOCC1)c1cc2ccccc2cc1O. The summed E-state index contributed by atoms with van der Waals surface area (Å²) in [6.07, 6.45) is 0. The molecule has 0 aliphatic carbocycles. The molecule has 0 unspecified atom stereocenters. The van der Waals surface area contributed by atoms with Crippen LogP contribution in [0.15, 0.2) is 36.4 Å². The van der Waals surface area contributed by atoms with Crippen LogP contribution in [0.4, 0.5) is 0 Å². The van der Waals surface area contributed by atoms with Crippen molar-refractivity contribution in [1.29, 1.82) is 0 Å². The van der Waals surface area contributed by atoms with Crippen molar-refractivity contribution in [3.8, 4) is 5.75 Å². The van der Waals surface area contributed by atoms with Gasteiger partial charge >= 0.3 is 0 Å². The van der Waals surface area contributed by atoms with Gasteiger partial charge in [-0.1, -0.05) is 24.3 Å². The number of aromatic hydroxyl groups is 1. The van der Waals surface area contributed by atoms with Crippen LogP contribution in [-0.2, 0) is 4.74 Å². The molecule has 0 atom stereocenters. The highest BCUT2D eigenvalue weighted by molar-refractivity contribution is 6.01. The minimum absolute atomic E-state index is 0.0163. The Morgan fingerprint density at radius 3 is 2.59 bits per heavy atom. The van der Waals surface area contributed by atoms with E-state index in [2.05, 4.69) is 10.2 Å². The van der Waals surface area contributed by atoms with Crippen molar-refractivity contribution in [3.05, 3.63) is 42.0 Å². The van der Waals surface area contributed by atoms with E-state index in [4.69, 9.17) is 4.74 Å². The number of benzene rings is 2. The van der Waals surface area contributed by atoms with Crippen molar-refractivity contribution in [2.24, 2.45) is 0 Å². The van der Waals surface area contributed by atoms with E-state index >= 15 is 0 Å². The van der Waals surface area contributed by atoms with Crippen LogP contribution in [0, 0.1) is 0 Å². The highest BCUT2D eigenvalue weighted by atomic mass is 16.5. The monoisotopic (exact) mass is 300 g/mol. The molecule has 2 aromatic carbocycles. The quantitative estimate of drug-likeness (QED) is 0.900. The summed E-state index contributed by atoms with van der Waals surface area (Å²) in [5.41, 5.74) is 0.320. The molecule has 1 amide bonds. The Labute approximate surface area is 129 Å². The van der Waals surface area contributed by atoms with Gasteiger partial charge in [0.15, 0.2) is 0 Å². The maximum absolute atomic E-state index is 12.2. The third-order valence-electron chi connectivity index (χ3n) is 3.93. The van der Waals surface area contributed by atoms with E-state index in [0.29, 0.717) is 12.1 Å². The van der Waals surface area contributed by atoms with Crippen molar-refractivity contribution in [3.63, 3.8) is 0 Å². The van der Waals surface area contributed by atoms with E-state index in [9.17, 15) is 9.90 Å². The van der Waals surface area contributed by atoms with Gasteiger partial charge in [-0.25, -0.2) is 0 Å². The van der Waals surface area contributed by atoms with Gasteiger partial charge in [0.1, 0.15) is 5.75 Å². The molecular weight excluding hydrogens is 280 g/mol. The molecule has 0 spiro atoms. The molecule has 1 aliphatic rings. The molecule has 0 bridgehead atoms. The summed E-state index contributed by atoms with van der Waals surface area (Å²) in [7, 11) is 0. The number of phenols is 1. The molecule has 1 fully saturated rings. The first-order valence-electron chi connectivity index (χ1n) is 7.54. The van der Waals surface area contributed by atoms with E-state index in [1.54, 1.807) is 12.1 Å². The van der Waals surface area contributed by atoms with E-state index in [-0.39, 0.29) is 11.7 Å². The van der Waals surface area contributed by atoms with E-state index in [1.165, 1.54) is 0 Å². The van der Waals surface area contributed by atoms with Crippen molar-refractivity contribution >= 4 is 16.7 Å². The standard InChI is InChI=1S/C17H20N2O3/c20-16-12-14-4-2-1-3-13(14)11-15(16)17(21)18-5-6-19-7-9-22-10-8-19/h1-4,11-12,20H,5-10H2,(H,18,21). The summed E-state index contributed by atoms with van der Waals surface area (Å²) >= 11 is 0. The van der Waals surface area contributed by atoms with Crippen LogP contribution in [-0.4, -0.2) is 55.3 Å². The number of rotatable bonds is 4.